The molecule has 6 nitrogen and oxygen atoms in total. The third kappa shape index (κ3) is 5.67. The summed E-state index contributed by atoms with van der Waals surface area (Å²) in [5.74, 6) is -0.880. The van der Waals surface area contributed by atoms with Crippen molar-refractivity contribution < 1.29 is 19.4 Å². The molecule has 2 amide bonds. The van der Waals surface area contributed by atoms with Crippen LogP contribution in [-0.2, 0) is 9.53 Å². The van der Waals surface area contributed by atoms with Crippen molar-refractivity contribution in [1.82, 2.24) is 10.2 Å². The van der Waals surface area contributed by atoms with Crippen LogP contribution in [0.3, 0.4) is 0 Å². The van der Waals surface area contributed by atoms with Crippen LogP contribution in [0.5, 0.6) is 0 Å². The number of ether oxygens (including phenoxy) is 1. The first kappa shape index (κ1) is 14.5. The number of urea groups is 1. The van der Waals surface area contributed by atoms with E-state index in [9.17, 15) is 9.59 Å². The molecule has 1 heterocycles. The molecule has 0 bridgehead atoms. The maximum absolute atomic E-state index is 11.7. The van der Waals surface area contributed by atoms with Crippen LogP contribution in [0, 0.1) is 0 Å². The number of amides is 2. The fourth-order valence-corrected chi connectivity index (χ4v) is 1.69. The van der Waals surface area contributed by atoms with E-state index < -0.39 is 5.97 Å². The summed E-state index contributed by atoms with van der Waals surface area (Å²) in [7, 11) is 0. The molecule has 0 saturated carbocycles. The molecular formula is C12H20N2O4. The molecule has 0 aromatic carbocycles. The molecule has 6 heteroatoms. The molecular weight excluding hydrogens is 236 g/mol. The van der Waals surface area contributed by atoms with Gasteiger partial charge in [-0.2, -0.15) is 0 Å². The van der Waals surface area contributed by atoms with Gasteiger partial charge in [0.1, 0.15) is 0 Å². The smallest absolute Gasteiger partial charge is 0.317 e. The minimum absolute atomic E-state index is 0.00986. The van der Waals surface area contributed by atoms with Gasteiger partial charge in [0.2, 0.25) is 0 Å². The Morgan fingerprint density at radius 2 is 2.28 bits per heavy atom. The summed E-state index contributed by atoms with van der Waals surface area (Å²) in [5.41, 5.74) is 1.20. The lowest BCUT2D eigenvalue weighted by Crippen LogP contribution is -2.43. The summed E-state index contributed by atoms with van der Waals surface area (Å²) in [6.07, 6.45) is 3.03. The van der Waals surface area contributed by atoms with Gasteiger partial charge in [-0.15, -0.1) is 0 Å². The molecule has 0 aliphatic carbocycles. The Morgan fingerprint density at radius 1 is 1.50 bits per heavy atom. The highest BCUT2D eigenvalue weighted by atomic mass is 16.5. The molecule has 0 aromatic rings. The lowest BCUT2D eigenvalue weighted by atomic mass is 10.1. The molecule has 0 fully saturated rings. The largest absolute Gasteiger partial charge is 0.481 e. The normalized spacial score (nSPS) is 15.2. The number of hydrogen-bond acceptors (Lipinski definition) is 3. The van der Waals surface area contributed by atoms with Gasteiger partial charge in [-0.05, 0) is 13.3 Å². The monoisotopic (exact) mass is 256 g/mol. The first-order valence-corrected chi connectivity index (χ1v) is 6.07. The van der Waals surface area contributed by atoms with Crippen molar-refractivity contribution in [2.24, 2.45) is 0 Å². The molecule has 0 atom stereocenters. The van der Waals surface area contributed by atoms with Gasteiger partial charge in [-0.3, -0.25) is 4.79 Å². The average molecular weight is 256 g/mol. The van der Waals surface area contributed by atoms with Crippen LogP contribution in [-0.4, -0.2) is 54.9 Å². The van der Waals surface area contributed by atoms with Crippen molar-refractivity contribution >= 4 is 12.0 Å². The van der Waals surface area contributed by atoms with Gasteiger partial charge < -0.3 is 20.1 Å². The fraction of sp³-hybridized carbons (Fsp3) is 0.667. The number of carboxylic acid groups (broad SMARTS) is 1. The summed E-state index contributed by atoms with van der Waals surface area (Å²) in [5, 5.41) is 11.1. The number of rotatable bonds is 6. The summed E-state index contributed by atoms with van der Waals surface area (Å²) >= 11 is 0. The third-order valence-corrected chi connectivity index (χ3v) is 2.60. The maximum Gasteiger partial charge on any atom is 0.317 e. The number of aliphatic carboxylic acids is 1. The summed E-state index contributed by atoms with van der Waals surface area (Å²) < 4.78 is 5.08. The molecule has 18 heavy (non-hydrogen) atoms. The topological polar surface area (TPSA) is 78.9 Å². The van der Waals surface area contributed by atoms with Crippen LogP contribution < -0.4 is 5.32 Å². The number of hydrogen-bond donors (Lipinski definition) is 2. The molecule has 1 aliphatic heterocycles. The molecule has 0 unspecified atom stereocenters. The highest BCUT2D eigenvalue weighted by Crippen LogP contribution is 2.08. The third-order valence-electron chi connectivity index (χ3n) is 2.60. The van der Waals surface area contributed by atoms with Crippen LogP contribution in [0.1, 0.15) is 19.8 Å². The van der Waals surface area contributed by atoms with E-state index in [1.165, 1.54) is 5.57 Å². The highest BCUT2D eigenvalue weighted by molar-refractivity contribution is 5.74. The van der Waals surface area contributed by atoms with Gasteiger partial charge in [0, 0.05) is 19.6 Å². The number of carbonyl (C=O) groups excluding carboxylic acids is 1. The van der Waals surface area contributed by atoms with Gasteiger partial charge in [-0.1, -0.05) is 11.6 Å². The van der Waals surface area contributed by atoms with Crippen molar-refractivity contribution in [3.05, 3.63) is 11.6 Å². The number of nitrogens with zero attached hydrogens (tertiary/aromatic N) is 1. The lowest BCUT2D eigenvalue weighted by Gasteiger charge is -2.26. The first-order valence-electron chi connectivity index (χ1n) is 6.07. The predicted octanol–water partition coefficient (Wildman–Crippen LogP) is 0.839. The van der Waals surface area contributed by atoms with E-state index in [1.54, 1.807) is 4.90 Å². The number of carboxylic acids is 1. The van der Waals surface area contributed by atoms with Crippen molar-refractivity contribution in [1.29, 1.82) is 0 Å². The zero-order valence-electron chi connectivity index (χ0n) is 10.6. The second-order valence-electron chi connectivity index (χ2n) is 4.25. The Balaban J connectivity index is 2.07. The average Bonchev–Trinajstić information content (AvgIpc) is 2.33. The first-order chi connectivity index (χ1) is 8.59. The lowest BCUT2D eigenvalue weighted by molar-refractivity contribution is -0.138. The fourth-order valence-electron chi connectivity index (χ4n) is 1.69. The van der Waals surface area contributed by atoms with Crippen molar-refractivity contribution in [3.63, 3.8) is 0 Å². The SMILES string of the molecule is CC1=CCCN(C(=O)NCCOCCC(=O)O)C1. The Labute approximate surface area is 107 Å². The summed E-state index contributed by atoms with van der Waals surface area (Å²) in [6.45, 7) is 4.33. The zero-order chi connectivity index (χ0) is 13.4. The molecule has 1 aliphatic rings. The zero-order valence-corrected chi connectivity index (χ0v) is 10.6. The van der Waals surface area contributed by atoms with Crippen molar-refractivity contribution in [3.8, 4) is 0 Å². The van der Waals surface area contributed by atoms with Gasteiger partial charge in [-0.25, -0.2) is 4.79 Å². The van der Waals surface area contributed by atoms with E-state index in [-0.39, 0.29) is 19.1 Å². The Bertz CT molecular complexity index is 328. The standard InChI is InChI=1S/C12H20N2O4/c1-10-3-2-6-14(9-10)12(17)13-5-8-18-7-4-11(15)16/h3H,2,4-9H2,1H3,(H,13,17)(H,15,16). The van der Waals surface area contributed by atoms with E-state index >= 15 is 0 Å². The maximum atomic E-state index is 11.7. The Hall–Kier alpha value is -1.56. The highest BCUT2D eigenvalue weighted by Gasteiger charge is 2.15. The minimum atomic E-state index is -0.880. The summed E-state index contributed by atoms with van der Waals surface area (Å²) in [6, 6.07) is -0.0933. The molecule has 102 valence electrons. The second kappa shape index (κ2) is 7.71. The molecule has 2 N–H and O–H groups in total. The molecule has 0 spiro atoms. The van der Waals surface area contributed by atoms with Crippen LogP contribution in [0.4, 0.5) is 4.79 Å². The van der Waals surface area contributed by atoms with Crippen LogP contribution in [0.2, 0.25) is 0 Å². The van der Waals surface area contributed by atoms with E-state index in [4.69, 9.17) is 9.84 Å². The van der Waals surface area contributed by atoms with Gasteiger partial charge in [0.05, 0.1) is 19.6 Å². The Morgan fingerprint density at radius 3 is 2.94 bits per heavy atom. The van der Waals surface area contributed by atoms with E-state index in [0.29, 0.717) is 19.7 Å². The second-order valence-corrected chi connectivity index (χ2v) is 4.25. The molecule has 0 radical (unpaired) electrons. The van der Waals surface area contributed by atoms with Gasteiger partial charge in [0.25, 0.3) is 0 Å². The molecule has 0 aromatic heterocycles. The van der Waals surface area contributed by atoms with E-state index in [1.807, 2.05) is 6.92 Å². The number of carbonyl (C=O) groups is 2. The van der Waals surface area contributed by atoms with Gasteiger partial charge >= 0.3 is 12.0 Å². The molecule has 0 saturated heterocycles. The van der Waals surface area contributed by atoms with Crippen LogP contribution in [0.15, 0.2) is 11.6 Å². The molecule has 1 rings (SSSR count). The van der Waals surface area contributed by atoms with Crippen molar-refractivity contribution in [2.45, 2.75) is 19.8 Å². The number of nitrogens with one attached hydrogen (secondary N) is 1. The van der Waals surface area contributed by atoms with E-state index in [2.05, 4.69) is 11.4 Å². The van der Waals surface area contributed by atoms with Crippen LogP contribution in [0.25, 0.3) is 0 Å². The van der Waals surface area contributed by atoms with Gasteiger partial charge in [0.15, 0.2) is 0 Å². The Kier molecular flexibility index (Phi) is 6.21. The predicted molar refractivity (Wildman–Crippen MR) is 66.4 cm³/mol. The van der Waals surface area contributed by atoms with E-state index in [0.717, 1.165) is 13.0 Å². The summed E-state index contributed by atoms with van der Waals surface area (Å²) in [4.78, 5) is 23.7. The minimum Gasteiger partial charge on any atom is -0.481 e. The quantitative estimate of drug-likeness (QED) is 0.545. The van der Waals surface area contributed by atoms with Crippen molar-refractivity contribution in [2.75, 3.05) is 32.8 Å². The van der Waals surface area contributed by atoms with Crippen LogP contribution >= 0.6 is 0 Å².